The molecule has 2 nitrogen and oxygen atoms in total. The number of nitrogens with two attached hydrogens (primary N) is 1. The zero-order valence-electron chi connectivity index (χ0n) is 6.88. The van der Waals surface area contributed by atoms with Gasteiger partial charge in [-0.05, 0) is 17.7 Å². The van der Waals surface area contributed by atoms with Gasteiger partial charge in [-0.25, -0.2) is 0 Å². The molecular formula is C9H10Cl2N2. The van der Waals surface area contributed by atoms with Crippen LogP contribution in [0.3, 0.4) is 0 Å². The van der Waals surface area contributed by atoms with Crippen LogP contribution in [0, 0.1) is 0 Å². The first-order valence-electron chi connectivity index (χ1n) is 3.77. The molecule has 1 aromatic heterocycles. The summed E-state index contributed by atoms with van der Waals surface area (Å²) in [5.74, 6) is 0. The lowest BCUT2D eigenvalue weighted by Crippen LogP contribution is -1.94. The average Bonchev–Trinajstić information content (AvgIpc) is 2.47. The van der Waals surface area contributed by atoms with E-state index in [2.05, 4.69) is 4.98 Å². The van der Waals surface area contributed by atoms with E-state index in [9.17, 15) is 0 Å². The van der Waals surface area contributed by atoms with Gasteiger partial charge in [0.1, 0.15) is 0 Å². The van der Waals surface area contributed by atoms with Crippen molar-refractivity contribution in [1.82, 2.24) is 4.98 Å². The SMILES string of the molecule is Cl.NCc1ccc2[nH]cc(Cl)c2c1. The van der Waals surface area contributed by atoms with Gasteiger partial charge in [-0.1, -0.05) is 17.7 Å². The Morgan fingerprint density at radius 1 is 1.38 bits per heavy atom. The summed E-state index contributed by atoms with van der Waals surface area (Å²) in [4.78, 5) is 3.07. The van der Waals surface area contributed by atoms with Gasteiger partial charge in [-0.15, -0.1) is 12.4 Å². The summed E-state index contributed by atoms with van der Waals surface area (Å²) in [6.45, 7) is 0.553. The molecule has 0 aliphatic carbocycles. The number of nitrogens with one attached hydrogen (secondary N) is 1. The van der Waals surface area contributed by atoms with Gasteiger partial charge in [-0.3, -0.25) is 0 Å². The van der Waals surface area contributed by atoms with Crippen LogP contribution < -0.4 is 5.73 Å². The number of hydrogen-bond acceptors (Lipinski definition) is 1. The van der Waals surface area contributed by atoms with E-state index in [1.54, 1.807) is 6.20 Å². The first kappa shape index (κ1) is 10.4. The minimum absolute atomic E-state index is 0. The molecule has 0 aliphatic heterocycles. The highest BCUT2D eigenvalue weighted by atomic mass is 35.5. The molecule has 13 heavy (non-hydrogen) atoms. The quantitative estimate of drug-likeness (QED) is 0.757. The molecule has 1 heterocycles. The lowest BCUT2D eigenvalue weighted by Gasteiger charge is -1.96. The van der Waals surface area contributed by atoms with Crippen molar-refractivity contribution in [3.63, 3.8) is 0 Å². The number of rotatable bonds is 1. The molecule has 0 unspecified atom stereocenters. The van der Waals surface area contributed by atoms with E-state index in [1.165, 1.54) is 0 Å². The number of fused-ring (bicyclic) bond motifs is 1. The second-order valence-corrected chi connectivity index (χ2v) is 3.13. The van der Waals surface area contributed by atoms with Crippen LogP contribution in [0.5, 0.6) is 0 Å². The van der Waals surface area contributed by atoms with Gasteiger partial charge in [0.25, 0.3) is 0 Å². The molecule has 0 spiro atoms. The topological polar surface area (TPSA) is 41.8 Å². The van der Waals surface area contributed by atoms with Crippen molar-refractivity contribution < 1.29 is 0 Å². The van der Waals surface area contributed by atoms with Crippen LogP contribution in [0.25, 0.3) is 10.9 Å². The number of aromatic nitrogens is 1. The fourth-order valence-electron chi connectivity index (χ4n) is 1.26. The largest absolute Gasteiger partial charge is 0.360 e. The highest BCUT2D eigenvalue weighted by Gasteiger charge is 2.00. The Kier molecular flexibility index (Phi) is 3.20. The first-order chi connectivity index (χ1) is 5.81. The summed E-state index contributed by atoms with van der Waals surface area (Å²) in [5, 5.41) is 1.79. The second-order valence-electron chi connectivity index (χ2n) is 2.72. The Bertz CT molecular complexity index is 409. The average molecular weight is 217 g/mol. The summed E-state index contributed by atoms with van der Waals surface area (Å²) in [5.41, 5.74) is 7.66. The van der Waals surface area contributed by atoms with Crippen LogP contribution in [0.4, 0.5) is 0 Å². The van der Waals surface area contributed by atoms with E-state index in [0.717, 1.165) is 21.5 Å². The lowest BCUT2D eigenvalue weighted by atomic mass is 10.1. The molecule has 0 fully saturated rings. The Morgan fingerprint density at radius 2 is 2.15 bits per heavy atom. The second kappa shape index (κ2) is 4.01. The molecule has 0 amide bonds. The summed E-state index contributed by atoms with van der Waals surface area (Å²) < 4.78 is 0. The van der Waals surface area contributed by atoms with Crippen LogP contribution in [-0.2, 0) is 6.54 Å². The fourth-order valence-corrected chi connectivity index (χ4v) is 1.47. The molecule has 0 atom stereocenters. The minimum atomic E-state index is 0. The minimum Gasteiger partial charge on any atom is -0.360 e. The van der Waals surface area contributed by atoms with E-state index in [1.807, 2.05) is 18.2 Å². The summed E-state index contributed by atoms with van der Waals surface area (Å²) >= 11 is 5.93. The lowest BCUT2D eigenvalue weighted by molar-refractivity contribution is 1.08. The molecule has 2 aromatic rings. The zero-order valence-corrected chi connectivity index (χ0v) is 8.45. The van der Waals surface area contributed by atoms with Crippen molar-refractivity contribution in [2.45, 2.75) is 6.54 Å². The van der Waals surface area contributed by atoms with Crippen molar-refractivity contribution in [3.8, 4) is 0 Å². The molecule has 0 bridgehead atoms. The zero-order chi connectivity index (χ0) is 8.55. The van der Waals surface area contributed by atoms with Crippen molar-refractivity contribution in [2.75, 3.05) is 0 Å². The molecular weight excluding hydrogens is 207 g/mol. The van der Waals surface area contributed by atoms with Gasteiger partial charge in [0.05, 0.1) is 5.02 Å². The van der Waals surface area contributed by atoms with Gasteiger partial charge in [-0.2, -0.15) is 0 Å². The van der Waals surface area contributed by atoms with Crippen molar-refractivity contribution in [2.24, 2.45) is 5.73 Å². The predicted molar refractivity (Wildman–Crippen MR) is 58.4 cm³/mol. The van der Waals surface area contributed by atoms with Crippen LogP contribution in [-0.4, -0.2) is 4.98 Å². The summed E-state index contributed by atoms with van der Waals surface area (Å²) in [6.07, 6.45) is 1.78. The van der Waals surface area contributed by atoms with Crippen LogP contribution >= 0.6 is 24.0 Å². The van der Waals surface area contributed by atoms with Crippen molar-refractivity contribution >= 4 is 34.9 Å². The smallest absolute Gasteiger partial charge is 0.0659 e. The molecule has 0 radical (unpaired) electrons. The van der Waals surface area contributed by atoms with E-state index in [0.29, 0.717) is 6.54 Å². The van der Waals surface area contributed by atoms with Crippen molar-refractivity contribution in [3.05, 3.63) is 35.0 Å². The normalized spacial score (nSPS) is 10.0. The summed E-state index contributed by atoms with van der Waals surface area (Å²) in [6, 6.07) is 5.99. The van der Waals surface area contributed by atoms with Crippen LogP contribution in [0.15, 0.2) is 24.4 Å². The van der Waals surface area contributed by atoms with Gasteiger partial charge in [0.2, 0.25) is 0 Å². The van der Waals surface area contributed by atoms with Crippen molar-refractivity contribution in [1.29, 1.82) is 0 Å². The standard InChI is InChI=1S/C9H9ClN2.ClH/c10-8-5-12-9-2-1-6(4-11)3-7(8)9;/h1-3,5,12H,4,11H2;1H. The maximum absolute atomic E-state index is 5.93. The third-order valence-corrected chi connectivity index (χ3v) is 2.24. The molecule has 0 aliphatic rings. The number of halogens is 2. The van der Waals surface area contributed by atoms with Crippen LogP contribution in [0.2, 0.25) is 5.02 Å². The molecule has 1 aromatic carbocycles. The Hall–Kier alpha value is -0.700. The van der Waals surface area contributed by atoms with Gasteiger partial charge in [0, 0.05) is 23.6 Å². The maximum atomic E-state index is 5.93. The molecule has 2 rings (SSSR count). The Morgan fingerprint density at radius 3 is 2.85 bits per heavy atom. The number of hydrogen-bond donors (Lipinski definition) is 2. The van der Waals surface area contributed by atoms with E-state index in [-0.39, 0.29) is 12.4 Å². The number of aromatic amines is 1. The molecule has 70 valence electrons. The molecule has 0 saturated heterocycles. The van der Waals surface area contributed by atoms with Gasteiger partial charge < -0.3 is 10.7 Å². The molecule has 4 heteroatoms. The highest BCUT2D eigenvalue weighted by molar-refractivity contribution is 6.35. The van der Waals surface area contributed by atoms with Gasteiger partial charge >= 0.3 is 0 Å². The van der Waals surface area contributed by atoms with E-state index in [4.69, 9.17) is 17.3 Å². The van der Waals surface area contributed by atoms with E-state index >= 15 is 0 Å². The third kappa shape index (κ3) is 1.80. The van der Waals surface area contributed by atoms with Crippen LogP contribution in [0.1, 0.15) is 5.56 Å². The number of benzene rings is 1. The molecule has 3 N–H and O–H groups in total. The van der Waals surface area contributed by atoms with Gasteiger partial charge in [0.15, 0.2) is 0 Å². The van der Waals surface area contributed by atoms with E-state index < -0.39 is 0 Å². The summed E-state index contributed by atoms with van der Waals surface area (Å²) in [7, 11) is 0. The maximum Gasteiger partial charge on any atom is 0.0659 e. The first-order valence-corrected chi connectivity index (χ1v) is 4.14. The third-order valence-electron chi connectivity index (χ3n) is 1.93. The monoisotopic (exact) mass is 216 g/mol. The molecule has 0 saturated carbocycles. The Labute approximate surface area is 87.5 Å². The highest BCUT2D eigenvalue weighted by Crippen LogP contribution is 2.23. The number of H-pyrrole nitrogens is 1. The fraction of sp³-hybridized carbons (Fsp3) is 0.111. The Balaban J connectivity index is 0.000000845. The predicted octanol–water partition coefficient (Wildman–Crippen LogP) is 2.70.